The summed E-state index contributed by atoms with van der Waals surface area (Å²) in [5.41, 5.74) is 0. The summed E-state index contributed by atoms with van der Waals surface area (Å²) >= 11 is 0. The third-order valence-corrected chi connectivity index (χ3v) is 4.99. The van der Waals surface area contributed by atoms with E-state index < -0.39 is 0 Å². The van der Waals surface area contributed by atoms with E-state index in [1.807, 2.05) is 41.5 Å². The van der Waals surface area contributed by atoms with E-state index in [4.69, 9.17) is 20.4 Å². The van der Waals surface area contributed by atoms with Crippen LogP contribution < -0.4 is 0 Å². The summed E-state index contributed by atoms with van der Waals surface area (Å²) in [6, 6.07) is 0. The number of hydrogen-bond acceptors (Lipinski definition) is 7. The Balaban J connectivity index is -0.000000118. The van der Waals surface area contributed by atoms with Crippen LogP contribution in [0.4, 0.5) is 0 Å². The van der Waals surface area contributed by atoms with Crippen LogP contribution in [0.2, 0.25) is 0 Å². The SMILES string of the molecule is CC(C)O.CCCC(=O)C(CC)CO.CCCC(=O)C(CC)CO.CCCC(=O)C(CC)CO.[Zr]. The van der Waals surface area contributed by atoms with Gasteiger partial charge in [-0.05, 0) is 52.4 Å². The van der Waals surface area contributed by atoms with E-state index in [0.717, 1.165) is 38.5 Å². The van der Waals surface area contributed by atoms with Crippen molar-refractivity contribution >= 4 is 17.3 Å². The number of aliphatic hydroxyl groups is 4. The zero-order valence-electron chi connectivity index (χ0n) is 23.8. The third kappa shape index (κ3) is 31.7. The second kappa shape index (κ2) is 33.7. The van der Waals surface area contributed by atoms with Gasteiger partial charge in [0.1, 0.15) is 17.3 Å². The zero-order valence-corrected chi connectivity index (χ0v) is 26.3. The Bertz CT molecular complexity index is 394. The molecule has 4 N–H and O–H groups in total. The molecule has 0 radical (unpaired) electrons. The molecule has 0 saturated heterocycles. The van der Waals surface area contributed by atoms with E-state index >= 15 is 0 Å². The molecule has 0 bridgehead atoms. The van der Waals surface area contributed by atoms with Crippen LogP contribution in [0, 0.1) is 17.8 Å². The number of carbonyl (C=O) groups is 3. The van der Waals surface area contributed by atoms with Crippen LogP contribution >= 0.6 is 0 Å². The summed E-state index contributed by atoms with van der Waals surface area (Å²) in [7, 11) is 0. The van der Waals surface area contributed by atoms with Crippen molar-refractivity contribution in [2.24, 2.45) is 17.8 Å². The Labute approximate surface area is 234 Å². The van der Waals surface area contributed by atoms with E-state index in [0.29, 0.717) is 19.3 Å². The molecule has 35 heavy (non-hydrogen) atoms. The number of hydrogen-bond donors (Lipinski definition) is 4. The number of carbonyl (C=O) groups excluding carboxylic acids is 3. The van der Waals surface area contributed by atoms with Crippen molar-refractivity contribution in [2.45, 2.75) is 119 Å². The van der Waals surface area contributed by atoms with Crippen LogP contribution in [-0.2, 0) is 40.6 Å². The van der Waals surface area contributed by atoms with Gasteiger partial charge in [-0.3, -0.25) is 14.4 Å². The van der Waals surface area contributed by atoms with Crippen LogP contribution in [0.15, 0.2) is 0 Å². The first-order valence-electron chi connectivity index (χ1n) is 13.1. The Morgan fingerprint density at radius 3 is 0.800 bits per heavy atom. The molecular formula is C27H56O7Zr. The van der Waals surface area contributed by atoms with Gasteiger partial charge in [-0.15, -0.1) is 0 Å². The van der Waals surface area contributed by atoms with E-state index in [9.17, 15) is 14.4 Å². The topological polar surface area (TPSA) is 132 Å². The fourth-order valence-electron chi connectivity index (χ4n) is 2.73. The molecule has 0 heterocycles. The fraction of sp³-hybridized carbons (Fsp3) is 0.889. The molecule has 7 nitrogen and oxygen atoms in total. The Hall–Kier alpha value is -0.267. The summed E-state index contributed by atoms with van der Waals surface area (Å²) in [6.07, 6.45) is 6.59. The molecule has 0 aliphatic carbocycles. The van der Waals surface area contributed by atoms with Crippen molar-refractivity contribution in [2.75, 3.05) is 19.8 Å². The minimum atomic E-state index is -0.167. The van der Waals surface area contributed by atoms with Gasteiger partial charge in [0, 0.05) is 69.3 Å². The molecule has 3 unspecified atom stereocenters. The van der Waals surface area contributed by atoms with Gasteiger partial charge in [-0.1, -0.05) is 41.5 Å². The van der Waals surface area contributed by atoms with Gasteiger partial charge in [-0.25, -0.2) is 0 Å². The average Bonchev–Trinajstić information content (AvgIpc) is 2.77. The molecule has 0 aromatic heterocycles. The quantitative estimate of drug-likeness (QED) is 0.223. The number of Topliss-reactive ketones (excluding diaryl/α,β-unsaturated/α-hetero) is 3. The first kappa shape index (κ1) is 44.7. The second-order valence-electron chi connectivity index (χ2n) is 8.61. The molecule has 0 spiro atoms. The molecule has 0 aliphatic heterocycles. The molecule has 0 aromatic rings. The molecular weight excluding hydrogens is 528 g/mol. The minimum absolute atomic E-state index is 0. The summed E-state index contributed by atoms with van der Waals surface area (Å²) in [4.78, 5) is 33.1. The van der Waals surface area contributed by atoms with Crippen molar-refractivity contribution in [3.63, 3.8) is 0 Å². The number of aliphatic hydroxyl groups excluding tert-OH is 4. The third-order valence-electron chi connectivity index (χ3n) is 4.99. The van der Waals surface area contributed by atoms with Crippen molar-refractivity contribution in [1.29, 1.82) is 0 Å². The molecule has 0 rings (SSSR count). The second-order valence-corrected chi connectivity index (χ2v) is 8.61. The van der Waals surface area contributed by atoms with Gasteiger partial charge in [-0.2, -0.15) is 0 Å². The standard InChI is InChI=1S/3C8H16O2.C3H8O.Zr/c3*1-3-5-8(10)7(4-2)6-9;1-3(2)4;/h3*7,9H,3-6H2,1-2H3;3-4H,1-2H3;. The van der Waals surface area contributed by atoms with E-state index in [-0.39, 0.29) is 87.2 Å². The van der Waals surface area contributed by atoms with Crippen LogP contribution in [0.25, 0.3) is 0 Å². The van der Waals surface area contributed by atoms with Crippen LogP contribution in [-0.4, -0.2) is 63.7 Å². The molecule has 0 aliphatic rings. The maximum atomic E-state index is 11.0. The predicted molar refractivity (Wildman–Crippen MR) is 140 cm³/mol. The van der Waals surface area contributed by atoms with E-state index in [1.54, 1.807) is 13.8 Å². The van der Waals surface area contributed by atoms with Gasteiger partial charge in [0.15, 0.2) is 0 Å². The Morgan fingerprint density at radius 1 is 0.543 bits per heavy atom. The van der Waals surface area contributed by atoms with Crippen molar-refractivity contribution in [1.82, 2.24) is 0 Å². The maximum Gasteiger partial charge on any atom is 0.138 e. The summed E-state index contributed by atoms with van der Waals surface area (Å²) in [5, 5.41) is 34.2. The maximum absolute atomic E-state index is 11.0. The molecule has 8 heteroatoms. The Kier molecular flexibility index (Phi) is 43.1. The normalized spacial score (nSPS) is 12.3. The number of ketones is 3. The first-order chi connectivity index (χ1) is 16.0. The van der Waals surface area contributed by atoms with Gasteiger partial charge in [0.2, 0.25) is 0 Å². The van der Waals surface area contributed by atoms with Gasteiger partial charge < -0.3 is 20.4 Å². The molecule has 0 aromatic carbocycles. The Morgan fingerprint density at radius 2 is 0.714 bits per heavy atom. The van der Waals surface area contributed by atoms with Crippen molar-refractivity contribution in [3.8, 4) is 0 Å². The number of rotatable bonds is 15. The largest absolute Gasteiger partial charge is 0.396 e. The van der Waals surface area contributed by atoms with Crippen molar-refractivity contribution < 1.29 is 61.0 Å². The van der Waals surface area contributed by atoms with E-state index in [2.05, 4.69) is 0 Å². The van der Waals surface area contributed by atoms with Gasteiger partial charge in [0.05, 0.1) is 19.8 Å². The van der Waals surface area contributed by atoms with Crippen LogP contribution in [0.3, 0.4) is 0 Å². The summed E-state index contributed by atoms with van der Waals surface area (Å²) in [6.45, 7) is 15.2. The molecule has 3 atom stereocenters. The van der Waals surface area contributed by atoms with Gasteiger partial charge >= 0.3 is 0 Å². The summed E-state index contributed by atoms with van der Waals surface area (Å²) < 4.78 is 0. The predicted octanol–water partition coefficient (Wildman–Crippen LogP) is 4.51. The first-order valence-corrected chi connectivity index (χ1v) is 13.1. The summed E-state index contributed by atoms with van der Waals surface area (Å²) in [5.74, 6) is 0.271. The average molecular weight is 584 g/mol. The molecule has 0 fully saturated rings. The molecule has 0 saturated carbocycles. The minimum Gasteiger partial charge on any atom is -0.396 e. The zero-order chi connectivity index (χ0) is 27.5. The van der Waals surface area contributed by atoms with Crippen molar-refractivity contribution in [3.05, 3.63) is 0 Å². The fourth-order valence-corrected chi connectivity index (χ4v) is 2.73. The smallest absolute Gasteiger partial charge is 0.138 e. The molecule has 210 valence electrons. The van der Waals surface area contributed by atoms with Crippen LogP contribution in [0.5, 0.6) is 0 Å². The van der Waals surface area contributed by atoms with Gasteiger partial charge in [0.25, 0.3) is 0 Å². The van der Waals surface area contributed by atoms with Crippen LogP contribution in [0.1, 0.15) is 113 Å². The molecule has 0 amide bonds. The van der Waals surface area contributed by atoms with E-state index in [1.165, 1.54) is 0 Å². The monoisotopic (exact) mass is 582 g/mol.